The minimum absolute atomic E-state index is 0.307. The molecule has 0 spiro atoms. The number of likely N-dealkylation sites (N-methyl/N-ethyl adjacent to an activating group) is 1. The molecule has 54 valence electrons. The zero-order chi connectivity index (χ0) is 7.28. The third kappa shape index (κ3) is 5.30. The summed E-state index contributed by atoms with van der Waals surface area (Å²) >= 11 is 0. The van der Waals surface area contributed by atoms with Crippen molar-refractivity contribution >= 4 is 6.21 Å². The highest BCUT2D eigenvalue weighted by Crippen LogP contribution is 1.86. The Labute approximate surface area is 56.0 Å². The van der Waals surface area contributed by atoms with E-state index in [1.807, 2.05) is 14.0 Å². The van der Waals surface area contributed by atoms with Crippen LogP contribution in [0.4, 0.5) is 0 Å². The number of aliphatic hydroxyl groups is 1. The quantitative estimate of drug-likeness (QED) is 0.440. The summed E-state index contributed by atoms with van der Waals surface area (Å²) in [4.78, 5) is 0. The van der Waals surface area contributed by atoms with Gasteiger partial charge in [0.2, 0.25) is 0 Å². The summed E-state index contributed by atoms with van der Waals surface area (Å²) in [6.45, 7) is 4.17. The average molecular weight is 130 g/mol. The maximum atomic E-state index is 8.83. The van der Waals surface area contributed by atoms with Gasteiger partial charge in [0.25, 0.3) is 0 Å². The molecule has 0 rings (SSSR count). The molecule has 3 nitrogen and oxygen atoms in total. The smallest absolute Gasteiger partial charge is 0.0703 e. The van der Waals surface area contributed by atoms with Gasteiger partial charge >= 0.3 is 0 Å². The van der Waals surface area contributed by atoms with Gasteiger partial charge in [-0.25, -0.2) is 0 Å². The fourth-order valence-corrected chi connectivity index (χ4v) is 0.627. The predicted molar refractivity (Wildman–Crippen MR) is 38.5 cm³/mol. The number of nitrogens with zero attached hydrogens (tertiary/aromatic N) is 2. The van der Waals surface area contributed by atoms with Crippen molar-refractivity contribution in [2.75, 3.05) is 13.6 Å². The molecule has 0 unspecified atom stereocenters. The van der Waals surface area contributed by atoms with Crippen LogP contribution in [0.1, 0.15) is 13.8 Å². The molecule has 0 saturated carbocycles. The molecule has 0 amide bonds. The maximum absolute atomic E-state index is 8.83. The molecule has 3 heteroatoms. The third-order valence-corrected chi connectivity index (χ3v) is 0.841. The van der Waals surface area contributed by atoms with Crippen molar-refractivity contribution in [2.24, 2.45) is 5.10 Å². The van der Waals surface area contributed by atoms with Crippen molar-refractivity contribution in [1.82, 2.24) is 5.01 Å². The van der Waals surface area contributed by atoms with Gasteiger partial charge in [-0.3, -0.25) is 5.01 Å². The lowest BCUT2D eigenvalue weighted by atomic mass is 10.4. The van der Waals surface area contributed by atoms with E-state index in [-0.39, 0.29) is 6.10 Å². The summed E-state index contributed by atoms with van der Waals surface area (Å²) in [6, 6.07) is 0. The summed E-state index contributed by atoms with van der Waals surface area (Å²) in [5, 5.41) is 14.4. The molecule has 0 aliphatic carbocycles. The van der Waals surface area contributed by atoms with Crippen molar-refractivity contribution in [3.8, 4) is 0 Å². The fourth-order valence-electron chi connectivity index (χ4n) is 0.627. The van der Waals surface area contributed by atoms with Gasteiger partial charge in [0.05, 0.1) is 12.6 Å². The van der Waals surface area contributed by atoms with Crippen molar-refractivity contribution in [3.63, 3.8) is 0 Å². The van der Waals surface area contributed by atoms with Crippen LogP contribution in [0.5, 0.6) is 0 Å². The molecule has 1 N–H and O–H groups in total. The maximum Gasteiger partial charge on any atom is 0.0703 e. The lowest BCUT2D eigenvalue weighted by Crippen LogP contribution is -2.22. The molecule has 0 aliphatic heterocycles. The minimum atomic E-state index is -0.307. The summed E-state index contributed by atoms with van der Waals surface area (Å²) in [5.74, 6) is 0. The Hall–Kier alpha value is -0.570. The topological polar surface area (TPSA) is 35.8 Å². The van der Waals surface area contributed by atoms with Crippen LogP contribution in [-0.4, -0.2) is 36.0 Å². The Morgan fingerprint density at radius 1 is 1.78 bits per heavy atom. The first-order valence-corrected chi connectivity index (χ1v) is 3.04. The Balaban J connectivity index is 3.38. The predicted octanol–water partition coefficient (Wildman–Crippen LogP) is 0.305. The SMILES string of the molecule is C/C=N\N(C)C[C@H](C)O. The summed E-state index contributed by atoms with van der Waals surface area (Å²) in [6.07, 6.45) is 1.39. The zero-order valence-corrected chi connectivity index (χ0v) is 6.20. The van der Waals surface area contributed by atoms with E-state index >= 15 is 0 Å². The van der Waals surface area contributed by atoms with Crippen LogP contribution in [0.3, 0.4) is 0 Å². The number of rotatable bonds is 3. The molecule has 1 atom stereocenters. The average Bonchev–Trinajstić information content (AvgIpc) is 1.63. The Bertz CT molecular complexity index is 91.1. The molecule has 0 aliphatic rings. The van der Waals surface area contributed by atoms with Crippen LogP contribution in [-0.2, 0) is 0 Å². The van der Waals surface area contributed by atoms with Gasteiger partial charge in [-0.05, 0) is 13.8 Å². The van der Waals surface area contributed by atoms with E-state index in [0.717, 1.165) is 0 Å². The molecule has 0 radical (unpaired) electrons. The van der Waals surface area contributed by atoms with Gasteiger partial charge in [-0.2, -0.15) is 5.10 Å². The second-order valence-corrected chi connectivity index (χ2v) is 2.06. The first-order valence-electron chi connectivity index (χ1n) is 3.04. The normalized spacial score (nSPS) is 14.2. The molecule has 0 fully saturated rings. The lowest BCUT2D eigenvalue weighted by Gasteiger charge is -2.13. The monoisotopic (exact) mass is 130 g/mol. The third-order valence-electron chi connectivity index (χ3n) is 0.841. The van der Waals surface area contributed by atoms with E-state index < -0.39 is 0 Å². The molecule has 0 aromatic heterocycles. The zero-order valence-electron chi connectivity index (χ0n) is 6.20. The van der Waals surface area contributed by atoms with Crippen LogP contribution >= 0.6 is 0 Å². The van der Waals surface area contributed by atoms with Crippen LogP contribution in [0, 0.1) is 0 Å². The van der Waals surface area contributed by atoms with E-state index in [2.05, 4.69) is 5.10 Å². The highest BCUT2D eigenvalue weighted by Gasteiger charge is 1.96. The molecule has 0 aromatic carbocycles. The van der Waals surface area contributed by atoms with E-state index in [9.17, 15) is 0 Å². The van der Waals surface area contributed by atoms with Crippen molar-refractivity contribution in [3.05, 3.63) is 0 Å². The van der Waals surface area contributed by atoms with E-state index in [0.29, 0.717) is 6.54 Å². The Morgan fingerprint density at radius 2 is 2.33 bits per heavy atom. The van der Waals surface area contributed by atoms with Gasteiger partial charge < -0.3 is 5.11 Å². The highest BCUT2D eigenvalue weighted by molar-refractivity contribution is 5.52. The Morgan fingerprint density at radius 3 is 2.67 bits per heavy atom. The summed E-state index contributed by atoms with van der Waals surface area (Å²) in [7, 11) is 1.83. The van der Waals surface area contributed by atoms with E-state index in [1.165, 1.54) is 0 Å². The van der Waals surface area contributed by atoms with E-state index in [4.69, 9.17) is 5.11 Å². The summed E-state index contributed by atoms with van der Waals surface area (Å²) in [5.41, 5.74) is 0. The molecule has 0 heterocycles. The van der Waals surface area contributed by atoms with Crippen molar-refractivity contribution in [1.29, 1.82) is 0 Å². The number of hydrogen-bond donors (Lipinski definition) is 1. The van der Waals surface area contributed by atoms with Crippen LogP contribution in [0.15, 0.2) is 5.10 Å². The standard InChI is InChI=1S/C6H14N2O/c1-4-7-8(3)5-6(2)9/h4,6,9H,5H2,1-3H3/b7-4-/t6-/m0/s1. The lowest BCUT2D eigenvalue weighted by molar-refractivity contribution is 0.144. The molecule has 0 bridgehead atoms. The first-order chi connectivity index (χ1) is 4.16. The first kappa shape index (κ1) is 8.43. The second-order valence-electron chi connectivity index (χ2n) is 2.06. The molecule has 0 saturated heterocycles. The van der Waals surface area contributed by atoms with Crippen LogP contribution in [0.2, 0.25) is 0 Å². The second kappa shape index (κ2) is 4.32. The van der Waals surface area contributed by atoms with Crippen LogP contribution in [0.25, 0.3) is 0 Å². The van der Waals surface area contributed by atoms with Gasteiger partial charge in [0.15, 0.2) is 0 Å². The molecule has 9 heavy (non-hydrogen) atoms. The van der Waals surface area contributed by atoms with Crippen LogP contribution < -0.4 is 0 Å². The van der Waals surface area contributed by atoms with Gasteiger partial charge in [0, 0.05) is 13.3 Å². The number of aliphatic hydroxyl groups excluding tert-OH is 1. The Kier molecular flexibility index (Phi) is 4.05. The molecular weight excluding hydrogens is 116 g/mol. The number of hydrazone groups is 1. The largest absolute Gasteiger partial charge is 0.392 e. The summed E-state index contributed by atoms with van der Waals surface area (Å²) < 4.78 is 0. The van der Waals surface area contributed by atoms with Gasteiger partial charge in [-0.1, -0.05) is 0 Å². The number of hydrogen-bond acceptors (Lipinski definition) is 3. The fraction of sp³-hybridized carbons (Fsp3) is 0.833. The highest BCUT2D eigenvalue weighted by atomic mass is 16.3. The van der Waals surface area contributed by atoms with Gasteiger partial charge in [-0.15, -0.1) is 0 Å². The van der Waals surface area contributed by atoms with Gasteiger partial charge in [0.1, 0.15) is 0 Å². The van der Waals surface area contributed by atoms with Crippen molar-refractivity contribution in [2.45, 2.75) is 20.0 Å². The minimum Gasteiger partial charge on any atom is -0.392 e. The molecular formula is C6H14N2O. The van der Waals surface area contributed by atoms with Crippen molar-refractivity contribution < 1.29 is 5.11 Å². The van der Waals surface area contributed by atoms with E-state index in [1.54, 1.807) is 18.1 Å². The molecule has 0 aromatic rings.